The maximum absolute atomic E-state index is 8.34. The molecule has 9 heteroatoms. The van der Waals surface area contributed by atoms with Crippen molar-refractivity contribution in [2.45, 2.75) is 0 Å². The van der Waals surface area contributed by atoms with Gasteiger partial charge in [-0.1, -0.05) is 23.5 Å². The van der Waals surface area contributed by atoms with Crippen molar-refractivity contribution >= 4 is 63.4 Å². The van der Waals surface area contributed by atoms with E-state index in [-0.39, 0.29) is 0 Å². The molecule has 1 heterocycles. The van der Waals surface area contributed by atoms with Crippen LogP contribution in [-0.2, 0) is 0 Å². The molecule has 0 aliphatic carbocycles. The van der Waals surface area contributed by atoms with E-state index in [0.717, 1.165) is 10.3 Å². The molecule has 0 fully saturated rings. The number of hydrogen-bond acceptors (Lipinski definition) is 9. The predicted molar refractivity (Wildman–Crippen MR) is 73.1 cm³/mol. The molecule has 0 unspecified atom stereocenters. The van der Waals surface area contributed by atoms with Crippen LogP contribution in [0.1, 0.15) is 0 Å². The molecule has 1 rings (SSSR count). The zero-order valence-electron chi connectivity index (χ0n) is 7.45. The molecule has 0 aromatic carbocycles. The number of rotatable bonds is 5. The molecule has 80 valence electrons. The molecule has 0 amide bonds. The van der Waals surface area contributed by atoms with Crippen molar-refractivity contribution in [3.63, 3.8) is 0 Å². The van der Waals surface area contributed by atoms with Crippen molar-refractivity contribution < 1.29 is 0 Å². The van der Waals surface area contributed by atoms with Gasteiger partial charge in [0, 0.05) is 0 Å². The highest BCUT2D eigenvalue weighted by Gasteiger charge is 2.15. The molecule has 0 spiro atoms. The molecular formula is C6H6N4S5. The van der Waals surface area contributed by atoms with Crippen LogP contribution >= 0.6 is 59.0 Å². The zero-order chi connectivity index (χ0) is 10.9. The fourth-order valence-corrected chi connectivity index (χ4v) is 4.59. The number of thioether (sulfide) groups is 4. The summed E-state index contributed by atoms with van der Waals surface area (Å²) in [7, 11) is 0. The van der Waals surface area contributed by atoms with E-state index < -0.39 is 0 Å². The van der Waals surface area contributed by atoms with Crippen molar-refractivity contribution in [1.29, 1.82) is 10.5 Å². The normalized spacial score (nSPS) is 14.5. The van der Waals surface area contributed by atoms with Crippen LogP contribution in [0, 0.1) is 21.3 Å². The van der Waals surface area contributed by atoms with Crippen LogP contribution < -0.4 is 0 Å². The van der Waals surface area contributed by atoms with Gasteiger partial charge in [-0.3, -0.25) is 0 Å². The Morgan fingerprint density at radius 3 is 2.80 bits per heavy atom. The van der Waals surface area contributed by atoms with Gasteiger partial charge in [-0.15, -0.1) is 0 Å². The van der Waals surface area contributed by atoms with E-state index in [9.17, 15) is 0 Å². The van der Waals surface area contributed by atoms with E-state index in [1.54, 1.807) is 23.5 Å². The van der Waals surface area contributed by atoms with Gasteiger partial charge >= 0.3 is 0 Å². The Labute approximate surface area is 110 Å². The summed E-state index contributed by atoms with van der Waals surface area (Å²) in [5, 5.41) is 26.5. The Hall–Kier alpha value is 0.200. The van der Waals surface area contributed by atoms with E-state index in [0.29, 0.717) is 10.2 Å². The van der Waals surface area contributed by atoms with Crippen LogP contribution in [0.5, 0.6) is 0 Å². The second-order valence-electron chi connectivity index (χ2n) is 1.97. The Morgan fingerprint density at radius 2 is 2.07 bits per heavy atom. The summed E-state index contributed by atoms with van der Waals surface area (Å²) in [6, 6.07) is 0. The van der Waals surface area contributed by atoms with Gasteiger partial charge in [0.2, 0.25) is 0 Å². The Bertz CT molecular complexity index is 306. The monoisotopic (exact) mass is 294 g/mol. The summed E-state index contributed by atoms with van der Waals surface area (Å²) in [5.74, 6) is 0.816. The Kier molecular flexibility index (Phi) is 7.40. The average molecular weight is 294 g/mol. The van der Waals surface area contributed by atoms with Crippen molar-refractivity contribution in [3.05, 3.63) is 0 Å². The summed E-state index contributed by atoms with van der Waals surface area (Å²) in [4.78, 5) is 0. The molecule has 1 aliphatic heterocycles. The number of nitriles is 2. The van der Waals surface area contributed by atoms with Gasteiger partial charge in [0.25, 0.3) is 0 Å². The Balaban J connectivity index is 2.17. The van der Waals surface area contributed by atoms with Gasteiger partial charge in [-0.05, 0) is 35.5 Å². The smallest absolute Gasteiger partial charge is 0.153 e. The van der Waals surface area contributed by atoms with Crippen LogP contribution in [0.3, 0.4) is 0 Å². The SMILES string of the molecule is N#CSCSC1=NN(SCSC#N)CS1. The molecule has 0 N–H and O–H groups in total. The quantitative estimate of drug-likeness (QED) is 0.332. The molecule has 0 aromatic heterocycles. The second kappa shape index (κ2) is 8.36. The topological polar surface area (TPSA) is 63.2 Å². The van der Waals surface area contributed by atoms with Crippen molar-refractivity contribution in [3.8, 4) is 10.8 Å². The van der Waals surface area contributed by atoms with E-state index in [4.69, 9.17) is 10.5 Å². The van der Waals surface area contributed by atoms with Gasteiger partial charge in [0.05, 0.1) is 10.2 Å². The third-order valence-corrected chi connectivity index (χ3v) is 5.63. The number of hydrogen-bond donors (Lipinski definition) is 0. The molecule has 0 saturated heterocycles. The third kappa shape index (κ3) is 5.73. The van der Waals surface area contributed by atoms with E-state index in [1.165, 1.54) is 35.5 Å². The first-order chi connectivity index (χ1) is 7.36. The maximum atomic E-state index is 8.34. The molecule has 0 atom stereocenters. The second-order valence-corrected chi connectivity index (χ2v) is 7.35. The fourth-order valence-electron chi connectivity index (χ4n) is 0.616. The summed E-state index contributed by atoms with van der Waals surface area (Å²) in [6.45, 7) is 0. The number of hydrazone groups is 1. The predicted octanol–water partition coefficient (Wildman–Crippen LogP) is 2.99. The van der Waals surface area contributed by atoms with Gasteiger partial charge in [0.15, 0.2) is 4.38 Å². The van der Waals surface area contributed by atoms with Crippen LogP contribution in [-0.4, -0.2) is 24.8 Å². The molecule has 4 nitrogen and oxygen atoms in total. The van der Waals surface area contributed by atoms with Crippen LogP contribution in [0.25, 0.3) is 0 Å². The highest BCUT2D eigenvalue weighted by Crippen LogP contribution is 2.31. The molecule has 0 saturated carbocycles. The molecular weight excluding hydrogens is 288 g/mol. The molecule has 0 bridgehead atoms. The summed E-state index contributed by atoms with van der Waals surface area (Å²) in [5.41, 5.74) is 0. The number of thiocyanates is 2. The lowest BCUT2D eigenvalue weighted by molar-refractivity contribution is 0.609. The first-order valence-electron chi connectivity index (χ1n) is 3.63. The molecule has 15 heavy (non-hydrogen) atoms. The van der Waals surface area contributed by atoms with Crippen LogP contribution in [0.4, 0.5) is 0 Å². The van der Waals surface area contributed by atoms with E-state index in [1.807, 2.05) is 15.2 Å². The van der Waals surface area contributed by atoms with Crippen molar-refractivity contribution in [2.75, 3.05) is 16.0 Å². The molecule has 0 aromatic rings. The van der Waals surface area contributed by atoms with Crippen LogP contribution in [0.15, 0.2) is 5.10 Å². The summed E-state index contributed by atoms with van der Waals surface area (Å²) >= 11 is 7.20. The van der Waals surface area contributed by atoms with Gasteiger partial charge in [-0.25, -0.2) is 4.41 Å². The molecule has 0 radical (unpaired) electrons. The fraction of sp³-hybridized carbons (Fsp3) is 0.500. The first kappa shape index (κ1) is 13.3. The largest absolute Gasteiger partial charge is 0.226 e. The highest BCUT2D eigenvalue weighted by molar-refractivity contribution is 8.42. The maximum Gasteiger partial charge on any atom is 0.153 e. The van der Waals surface area contributed by atoms with Gasteiger partial charge < -0.3 is 0 Å². The third-order valence-electron chi connectivity index (χ3n) is 1.12. The van der Waals surface area contributed by atoms with E-state index >= 15 is 0 Å². The highest BCUT2D eigenvalue weighted by atomic mass is 32.2. The minimum atomic E-state index is 0.700. The average Bonchev–Trinajstić information content (AvgIpc) is 2.67. The van der Waals surface area contributed by atoms with E-state index in [2.05, 4.69) is 5.10 Å². The van der Waals surface area contributed by atoms with Gasteiger partial charge in [-0.2, -0.15) is 15.6 Å². The lowest BCUT2D eigenvalue weighted by atomic mass is 11.5. The zero-order valence-corrected chi connectivity index (χ0v) is 11.5. The minimum Gasteiger partial charge on any atom is -0.226 e. The minimum absolute atomic E-state index is 0.700. The lowest BCUT2D eigenvalue weighted by Crippen LogP contribution is -2.01. The molecule has 1 aliphatic rings. The van der Waals surface area contributed by atoms with Crippen LogP contribution in [0.2, 0.25) is 0 Å². The number of nitrogens with zero attached hydrogens (tertiary/aromatic N) is 4. The summed E-state index contributed by atoms with van der Waals surface area (Å²) in [6.07, 6.45) is 0. The standard InChI is InChI=1S/C6H6N4S5/c7-1-11-4-14-6-9-10(3-13-6)15-5-12-2-8/h3-5H2. The van der Waals surface area contributed by atoms with Gasteiger partial charge in [0.1, 0.15) is 16.7 Å². The first-order valence-corrected chi connectivity index (χ1v) is 8.51. The lowest BCUT2D eigenvalue weighted by Gasteiger charge is -2.07. The van der Waals surface area contributed by atoms with Crippen molar-refractivity contribution in [1.82, 2.24) is 4.41 Å². The Morgan fingerprint density at radius 1 is 1.33 bits per heavy atom. The van der Waals surface area contributed by atoms with Crippen molar-refractivity contribution in [2.24, 2.45) is 5.10 Å². The summed E-state index contributed by atoms with van der Waals surface area (Å²) < 4.78 is 2.86.